The Balaban J connectivity index is 1.41. The van der Waals surface area contributed by atoms with Gasteiger partial charge in [0.1, 0.15) is 10.4 Å². The maximum atomic E-state index is 13.3. The molecule has 0 N–H and O–H groups in total. The highest BCUT2D eigenvalue weighted by Gasteiger charge is 2.25. The fourth-order valence-electron chi connectivity index (χ4n) is 3.86. The van der Waals surface area contributed by atoms with Crippen molar-refractivity contribution in [1.29, 1.82) is 0 Å². The average molecular weight is 420 g/mol. The van der Waals surface area contributed by atoms with Crippen LogP contribution in [-0.2, 0) is 0 Å². The van der Waals surface area contributed by atoms with Crippen LogP contribution in [-0.4, -0.2) is 53.5 Å². The number of hydrogen-bond acceptors (Lipinski definition) is 6. The number of pyridine rings is 1. The molecule has 0 saturated carbocycles. The molecule has 1 aromatic carbocycles. The summed E-state index contributed by atoms with van der Waals surface area (Å²) < 4.78 is 7.38. The van der Waals surface area contributed by atoms with Crippen LogP contribution in [0.2, 0.25) is 0 Å². The minimum atomic E-state index is -0.137. The summed E-state index contributed by atoms with van der Waals surface area (Å²) in [4.78, 5) is 34.7. The third kappa shape index (κ3) is 3.09. The molecule has 1 aliphatic heterocycles. The first-order chi connectivity index (χ1) is 14.7. The Kier molecular flexibility index (Phi) is 4.63. The number of benzene rings is 1. The van der Waals surface area contributed by atoms with Gasteiger partial charge in [0.05, 0.1) is 18.2 Å². The van der Waals surface area contributed by atoms with Crippen molar-refractivity contribution >= 4 is 38.8 Å². The van der Waals surface area contributed by atoms with Crippen LogP contribution in [0.3, 0.4) is 0 Å². The summed E-state index contributed by atoms with van der Waals surface area (Å²) in [6.07, 6.45) is 1.67. The highest BCUT2D eigenvalue weighted by molar-refractivity contribution is 7.17. The first-order valence-electron chi connectivity index (χ1n) is 9.72. The molecular formula is C22H20N4O3S. The van der Waals surface area contributed by atoms with Crippen LogP contribution in [0, 0.1) is 0 Å². The number of anilines is 1. The van der Waals surface area contributed by atoms with E-state index in [-0.39, 0.29) is 11.5 Å². The maximum absolute atomic E-state index is 13.3. The van der Waals surface area contributed by atoms with Crippen LogP contribution in [0.4, 0.5) is 5.69 Å². The smallest absolute Gasteiger partial charge is 0.275 e. The summed E-state index contributed by atoms with van der Waals surface area (Å²) >= 11 is 1.37. The van der Waals surface area contributed by atoms with Crippen LogP contribution in [0.15, 0.2) is 58.8 Å². The van der Waals surface area contributed by atoms with E-state index in [0.717, 1.165) is 24.5 Å². The molecule has 4 aromatic rings. The van der Waals surface area contributed by atoms with E-state index in [4.69, 9.17) is 4.74 Å². The van der Waals surface area contributed by atoms with Crippen molar-refractivity contribution < 1.29 is 9.53 Å². The van der Waals surface area contributed by atoms with Gasteiger partial charge in [0.2, 0.25) is 0 Å². The van der Waals surface area contributed by atoms with Gasteiger partial charge in [0.15, 0.2) is 5.65 Å². The number of fused-ring (bicyclic) bond motifs is 2. The van der Waals surface area contributed by atoms with Gasteiger partial charge < -0.3 is 14.5 Å². The fraction of sp³-hybridized carbons (Fsp3) is 0.227. The predicted octanol–water partition coefficient (Wildman–Crippen LogP) is 2.88. The zero-order chi connectivity index (χ0) is 20.7. The van der Waals surface area contributed by atoms with Gasteiger partial charge in [-0.3, -0.25) is 14.0 Å². The van der Waals surface area contributed by atoms with Gasteiger partial charge in [-0.1, -0.05) is 6.07 Å². The van der Waals surface area contributed by atoms with Gasteiger partial charge in [-0.2, -0.15) is 0 Å². The van der Waals surface area contributed by atoms with Crippen LogP contribution >= 0.6 is 11.3 Å². The predicted molar refractivity (Wildman–Crippen MR) is 118 cm³/mol. The lowest BCUT2D eigenvalue weighted by Gasteiger charge is -2.36. The highest BCUT2D eigenvalue weighted by Crippen LogP contribution is 2.23. The molecular weight excluding hydrogens is 400 g/mol. The molecule has 0 bridgehead atoms. The second kappa shape index (κ2) is 7.46. The molecule has 7 nitrogen and oxygen atoms in total. The SMILES string of the molecule is COc1cccc(N2CCN(C(=O)c3cccn4c(=O)c5sccc5nc34)CC2)c1. The average Bonchev–Trinajstić information content (AvgIpc) is 3.28. The lowest BCUT2D eigenvalue weighted by atomic mass is 10.2. The third-order valence-corrected chi connectivity index (χ3v) is 6.36. The number of methoxy groups -OCH3 is 1. The van der Waals surface area contributed by atoms with Gasteiger partial charge in [0, 0.05) is 44.1 Å². The molecule has 8 heteroatoms. The number of carbonyl (C=O) groups is 1. The van der Waals surface area contributed by atoms with Gasteiger partial charge in [-0.05, 0) is 35.7 Å². The number of carbonyl (C=O) groups excluding carboxylic acids is 1. The molecule has 5 rings (SSSR count). The summed E-state index contributed by atoms with van der Waals surface area (Å²) in [5, 5.41) is 1.85. The number of aromatic nitrogens is 2. The molecule has 4 heterocycles. The van der Waals surface area contributed by atoms with E-state index in [2.05, 4.69) is 9.88 Å². The van der Waals surface area contributed by atoms with E-state index in [0.29, 0.717) is 34.5 Å². The van der Waals surface area contributed by atoms with E-state index < -0.39 is 0 Å². The molecule has 30 heavy (non-hydrogen) atoms. The largest absolute Gasteiger partial charge is 0.497 e. The van der Waals surface area contributed by atoms with Gasteiger partial charge in [0.25, 0.3) is 11.5 Å². The topological polar surface area (TPSA) is 67.2 Å². The summed E-state index contributed by atoms with van der Waals surface area (Å²) in [5.74, 6) is 0.720. The number of thiophene rings is 1. The van der Waals surface area contributed by atoms with Crippen molar-refractivity contribution in [3.8, 4) is 5.75 Å². The van der Waals surface area contributed by atoms with E-state index in [9.17, 15) is 9.59 Å². The monoisotopic (exact) mass is 420 g/mol. The molecule has 1 fully saturated rings. The van der Waals surface area contributed by atoms with Crippen molar-refractivity contribution in [2.45, 2.75) is 0 Å². The molecule has 3 aromatic heterocycles. The Hall–Kier alpha value is -3.39. The fourth-order valence-corrected chi connectivity index (χ4v) is 4.63. The molecule has 0 spiro atoms. The van der Waals surface area contributed by atoms with Crippen molar-refractivity contribution in [2.24, 2.45) is 0 Å². The van der Waals surface area contributed by atoms with Crippen molar-refractivity contribution in [2.75, 3.05) is 38.2 Å². The summed E-state index contributed by atoms with van der Waals surface area (Å²) in [6, 6.07) is 13.2. The Morgan fingerprint density at radius 3 is 2.73 bits per heavy atom. The molecule has 0 radical (unpaired) electrons. The molecule has 1 amide bonds. The maximum Gasteiger partial charge on any atom is 0.275 e. The minimum Gasteiger partial charge on any atom is -0.497 e. The van der Waals surface area contributed by atoms with Crippen molar-refractivity contribution in [3.63, 3.8) is 0 Å². The number of rotatable bonds is 3. The normalized spacial score (nSPS) is 14.4. The van der Waals surface area contributed by atoms with Gasteiger partial charge >= 0.3 is 0 Å². The first-order valence-corrected chi connectivity index (χ1v) is 10.6. The lowest BCUT2D eigenvalue weighted by Crippen LogP contribution is -2.49. The van der Waals surface area contributed by atoms with Gasteiger partial charge in [-0.25, -0.2) is 4.98 Å². The zero-order valence-corrected chi connectivity index (χ0v) is 17.3. The molecule has 1 aliphatic rings. The van der Waals surface area contributed by atoms with Crippen molar-refractivity contribution in [3.05, 3.63) is 70.0 Å². The van der Waals surface area contributed by atoms with Crippen molar-refractivity contribution in [1.82, 2.24) is 14.3 Å². The summed E-state index contributed by atoms with van der Waals surface area (Å²) in [5.41, 5.74) is 2.45. The lowest BCUT2D eigenvalue weighted by molar-refractivity contribution is 0.0748. The molecule has 0 aliphatic carbocycles. The molecule has 0 atom stereocenters. The number of piperazine rings is 1. The number of ether oxygens (including phenoxy) is 1. The first kappa shape index (κ1) is 18.6. The summed E-state index contributed by atoms with van der Waals surface area (Å²) in [7, 11) is 1.66. The van der Waals surface area contributed by atoms with Crippen LogP contribution in [0.5, 0.6) is 5.75 Å². The number of hydrogen-bond donors (Lipinski definition) is 0. The highest BCUT2D eigenvalue weighted by atomic mass is 32.1. The molecule has 1 saturated heterocycles. The number of nitrogens with zero attached hydrogens (tertiary/aromatic N) is 4. The Morgan fingerprint density at radius 2 is 1.93 bits per heavy atom. The number of amides is 1. The molecule has 152 valence electrons. The standard InChI is InChI=1S/C22H20N4O3S/c1-29-16-5-2-4-15(14-16)24-9-11-25(12-10-24)21(27)17-6-3-8-26-20(17)23-18-7-13-30-19(18)22(26)28/h2-8,13-14H,9-12H2,1H3. The Morgan fingerprint density at radius 1 is 1.10 bits per heavy atom. The third-order valence-electron chi connectivity index (χ3n) is 5.47. The van der Waals surface area contributed by atoms with E-state index >= 15 is 0 Å². The van der Waals surface area contributed by atoms with Crippen LogP contribution in [0.1, 0.15) is 10.4 Å². The van der Waals surface area contributed by atoms with Crippen LogP contribution in [0.25, 0.3) is 15.9 Å². The zero-order valence-electron chi connectivity index (χ0n) is 16.4. The van der Waals surface area contributed by atoms with E-state index in [1.54, 1.807) is 25.4 Å². The Labute approximate surface area is 176 Å². The van der Waals surface area contributed by atoms with E-state index in [1.807, 2.05) is 40.6 Å². The molecule has 0 unspecified atom stereocenters. The van der Waals surface area contributed by atoms with Crippen LogP contribution < -0.4 is 15.2 Å². The van der Waals surface area contributed by atoms with E-state index in [1.165, 1.54) is 15.7 Å². The van der Waals surface area contributed by atoms with Gasteiger partial charge in [-0.15, -0.1) is 11.3 Å². The second-order valence-corrected chi connectivity index (χ2v) is 8.06. The quantitative estimate of drug-likeness (QED) is 0.510. The second-order valence-electron chi connectivity index (χ2n) is 7.15. The minimum absolute atomic E-state index is 0.0973. The Bertz CT molecular complexity index is 1300. The summed E-state index contributed by atoms with van der Waals surface area (Å²) in [6.45, 7) is 2.65.